The number of carbonyl (C=O) groups is 1. The van der Waals surface area contributed by atoms with Crippen LogP contribution in [-0.2, 0) is 4.79 Å². The first kappa shape index (κ1) is 14.3. The van der Waals surface area contributed by atoms with Crippen molar-refractivity contribution in [2.45, 2.75) is 52.0 Å². The third-order valence-electron chi connectivity index (χ3n) is 3.88. The van der Waals surface area contributed by atoms with Crippen LogP contribution in [0.15, 0.2) is 6.07 Å². The summed E-state index contributed by atoms with van der Waals surface area (Å²) in [6, 6.07) is 2.02. The number of amides is 1. The van der Waals surface area contributed by atoms with Crippen molar-refractivity contribution < 1.29 is 4.79 Å². The second kappa shape index (κ2) is 4.97. The lowest BCUT2D eigenvalue weighted by molar-refractivity contribution is -0.127. The SMILES string of the molecule is Cc1cc(N2CC(C(=O)NC(C)(C)C)C2)nc(C2CC2)n1. The summed E-state index contributed by atoms with van der Waals surface area (Å²) in [6.07, 6.45) is 2.42. The Kier molecular flexibility index (Phi) is 3.38. The van der Waals surface area contributed by atoms with Gasteiger partial charge in [-0.2, -0.15) is 0 Å². The molecule has 2 fully saturated rings. The van der Waals surface area contributed by atoms with Crippen molar-refractivity contribution in [1.82, 2.24) is 15.3 Å². The van der Waals surface area contributed by atoms with Crippen LogP contribution in [0.3, 0.4) is 0 Å². The number of aromatic nitrogens is 2. The van der Waals surface area contributed by atoms with E-state index in [0.29, 0.717) is 5.92 Å². The Morgan fingerprint density at radius 3 is 2.52 bits per heavy atom. The molecule has 5 heteroatoms. The van der Waals surface area contributed by atoms with Crippen LogP contribution in [0, 0.1) is 12.8 Å². The first-order chi connectivity index (χ1) is 9.82. The third kappa shape index (κ3) is 3.34. The van der Waals surface area contributed by atoms with E-state index in [0.717, 1.165) is 30.4 Å². The van der Waals surface area contributed by atoms with E-state index in [4.69, 9.17) is 0 Å². The summed E-state index contributed by atoms with van der Waals surface area (Å²) in [4.78, 5) is 23.5. The van der Waals surface area contributed by atoms with Gasteiger partial charge in [0, 0.05) is 36.3 Å². The van der Waals surface area contributed by atoms with E-state index in [1.807, 2.05) is 33.8 Å². The van der Waals surface area contributed by atoms with Crippen LogP contribution in [0.4, 0.5) is 5.82 Å². The van der Waals surface area contributed by atoms with Gasteiger partial charge in [0.2, 0.25) is 5.91 Å². The zero-order chi connectivity index (χ0) is 15.2. The largest absolute Gasteiger partial charge is 0.355 e. The Hall–Kier alpha value is -1.65. The quantitative estimate of drug-likeness (QED) is 0.924. The Morgan fingerprint density at radius 1 is 1.29 bits per heavy atom. The minimum Gasteiger partial charge on any atom is -0.355 e. The molecule has 2 heterocycles. The van der Waals surface area contributed by atoms with Crippen molar-refractivity contribution in [2.75, 3.05) is 18.0 Å². The zero-order valence-electron chi connectivity index (χ0n) is 13.3. The number of carbonyl (C=O) groups excluding carboxylic acids is 1. The van der Waals surface area contributed by atoms with Crippen molar-refractivity contribution in [3.05, 3.63) is 17.6 Å². The Morgan fingerprint density at radius 2 is 1.95 bits per heavy atom. The predicted molar refractivity (Wildman–Crippen MR) is 82.3 cm³/mol. The van der Waals surface area contributed by atoms with Gasteiger partial charge in [-0.05, 0) is 40.5 Å². The molecule has 1 aromatic rings. The molecule has 1 amide bonds. The highest BCUT2D eigenvalue weighted by atomic mass is 16.2. The second-order valence-corrected chi connectivity index (χ2v) is 7.34. The Labute approximate surface area is 126 Å². The number of rotatable bonds is 3. The molecule has 1 aromatic heterocycles. The molecule has 1 aliphatic carbocycles. The summed E-state index contributed by atoms with van der Waals surface area (Å²) in [7, 11) is 0. The van der Waals surface area contributed by atoms with Gasteiger partial charge in [-0.25, -0.2) is 9.97 Å². The van der Waals surface area contributed by atoms with E-state index < -0.39 is 0 Å². The van der Waals surface area contributed by atoms with E-state index in [2.05, 4.69) is 20.2 Å². The van der Waals surface area contributed by atoms with Gasteiger partial charge in [-0.1, -0.05) is 0 Å². The molecule has 0 spiro atoms. The molecule has 0 bridgehead atoms. The maximum Gasteiger partial charge on any atom is 0.227 e. The van der Waals surface area contributed by atoms with E-state index in [-0.39, 0.29) is 17.4 Å². The highest BCUT2D eigenvalue weighted by Crippen LogP contribution is 2.39. The van der Waals surface area contributed by atoms with E-state index in [9.17, 15) is 4.79 Å². The monoisotopic (exact) mass is 288 g/mol. The fraction of sp³-hybridized carbons (Fsp3) is 0.688. The van der Waals surface area contributed by atoms with Crippen LogP contribution < -0.4 is 10.2 Å². The lowest BCUT2D eigenvalue weighted by Gasteiger charge is -2.40. The number of hydrogen-bond donors (Lipinski definition) is 1. The summed E-state index contributed by atoms with van der Waals surface area (Å²) in [5.41, 5.74) is 0.854. The lowest BCUT2D eigenvalue weighted by atomic mass is 9.97. The molecule has 2 aliphatic rings. The fourth-order valence-corrected chi connectivity index (χ4v) is 2.56. The van der Waals surface area contributed by atoms with Crippen molar-refractivity contribution in [1.29, 1.82) is 0 Å². The molecule has 1 N–H and O–H groups in total. The van der Waals surface area contributed by atoms with Crippen LogP contribution in [0.5, 0.6) is 0 Å². The number of anilines is 1. The molecular weight excluding hydrogens is 264 g/mol. The maximum absolute atomic E-state index is 12.1. The minimum absolute atomic E-state index is 0.0730. The summed E-state index contributed by atoms with van der Waals surface area (Å²) >= 11 is 0. The standard InChI is InChI=1S/C16H24N4O/c1-10-7-13(18-14(17-10)11-5-6-11)20-8-12(9-20)15(21)19-16(2,3)4/h7,11-12H,5-6,8-9H2,1-4H3,(H,19,21). The normalized spacial score (nSPS) is 19.3. The molecule has 1 saturated heterocycles. The van der Waals surface area contributed by atoms with Crippen LogP contribution in [0.1, 0.15) is 51.0 Å². The molecule has 0 aromatic carbocycles. The first-order valence-corrected chi connectivity index (χ1v) is 7.74. The van der Waals surface area contributed by atoms with Crippen molar-refractivity contribution in [3.63, 3.8) is 0 Å². The summed E-state index contributed by atoms with van der Waals surface area (Å²) in [6.45, 7) is 9.55. The predicted octanol–water partition coefficient (Wildman–Crippen LogP) is 2.01. The summed E-state index contributed by atoms with van der Waals surface area (Å²) < 4.78 is 0. The number of nitrogens with one attached hydrogen (secondary N) is 1. The number of hydrogen-bond acceptors (Lipinski definition) is 4. The van der Waals surface area contributed by atoms with Crippen molar-refractivity contribution >= 4 is 11.7 Å². The molecule has 0 unspecified atom stereocenters. The fourth-order valence-electron chi connectivity index (χ4n) is 2.56. The topological polar surface area (TPSA) is 58.1 Å². The maximum atomic E-state index is 12.1. The average Bonchev–Trinajstić information content (AvgIpc) is 3.06. The highest BCUT2D eigenvalue weighted by molar-refractivity contribution is 5.82. The molecule has 1 saturated carbocycles. The summed E-state index contributed by atoms with van der Waals surface area (Å²) in [5, 5.41) is 3.05. The van der Waals surface area contributed by atoms with Gasteiger partial charge in [-0.3, -0.25) is 4.79 Å². The van der Waals surface area contributed by atoms with Crippen molar-refractivity contribution in [2.24, 2.45) is 5.92 Å². The number of aryl methyl sites for hydroxylation is 1. The minimum atomic E-state index is -0.165. The van der Waals surface area contributed by atoms with Gasteiger partial charge in [0.15, 0.2) is 0 Å². The molecule has 21 heavy (non-hydrogen) atoms. The second-order valence-electron chi connectivity index (χ2n) is 7.34. The zero-order valence-corrected chi connectivity index (χ0v) is 13.3. The van der Waals surface area contributed by atoms with Gasteiger partial charge in [-0.15, -0.1) is 0 Å². The van der Waals surface area contributed by atoms with Crippen molar-refractivity contribution in [3.8, 4) is 0 Å². The molecule has 5 nitrogen and oxygen atoms in total. The molecule has 114 valence electrons. The molecule has 0 radical (unpaired) electrons. The van der Waals surface area contributed by atoms with Gasteiger partial charge in [0.25, 0.3) is 0 Å². The molecule has 1 aliphatic heterocycles. The van der Waals surface area contributed by atoms with Gasteiger partial charge >= 0.3 is 0 Å². The average molecular weight is 288 g/mol. The van der Waals surface area contributed by atoms with Crippen LogP contribution in [0.2, 0.25) is 0 Å². The smallest absolute Gasteiger partial charge is 0.227 e. The Balaban J connectivity index is 1.62. The molecule has 3 rings (SSSR count). The highest BCUT2D eigenvalue weighted by Gasteiger charge is 2.36. The lowest BCUT2D eigenvalue weighted by Crippen LogP contribution is -2.56. The van der Waals surface area contributed by atoms with Crippen LogP contribution in [0.25, 0.3) is 0 Å². The third-order valence-corrected chi connectivity index (χ3v) is 3.88. The van der Waals surface area contributed by atoms with Gasteiger partial charge < -0.3 is 10.2 Å². The van der Waals surface area contributed by atoms with Gasteiger partial charge in [0.1, 0.15) is 11.6 Å². The van der Waals surface area contributed by atoms with E-state index in [1.54, 1.807) is 0 Å². The molecule has 0 atom stereocenters. The van der Waals surface area contributed by atoms with Crippen LogP contribution >= 0.6 is 0 Å². The molecular formula is C16H24N4O. The summed E-state index contributed by atoms with van der Waals surface area (Å²) in [5.74, 6) is 2.73. The van der Waals surface area contributed by atoms with E-state index in [1.165, 1.54) is 12.8 Å². The van der Waals surface area contributed by atoms with Gasteiger partial charge in [0.05, 0.1) is 5.92 Å². The first-order valence-electron chi connectivity index (χ1n) is 7.74. The number of nitrogens with zero attached hydrogens (tertiary/aromatic N) is 3. The Bertz CT molecular complexity index is 554. The van der Waals surface area contributed by atoms with Crippen LogP contribution in [-0.4, -0.2) is 34.5 Å². The van der Waals surface area contributed by atoms with E-state index >= 15 is 0 Å².